The first-order chi connectivity index (χ1) is 23.5. The van der Waals surface area contributed by atoms with E-state index >= 15 is 4.39 Å². The lowest BCUT2D eigenvalue weighted by atomic mass is 9.95. The summed E-state index contributed by atoms with van der Waals surface area (Å²) in [7, 11) is 1.86. The number of hydrogen-bond donors (Lipinski definition) is 1. The number of likely N-dealkylation sites (N-methyl/N-ethyl adjacent to an activating group) is 1. The van der Waals surface area contributed by atoms with E-state index in [2.05, 4.69) is 9.88 Å². The predicted octanol–water partition coefficient (Wildman–Crippen LogP) is 6.69. The van der Waals surface area contributed by atoms with Crippen LogP contribution in [-0.2, 0) is 4.79 Å². The number of alkyl halides is 1. The molecule has 49 heavy (non-hydrogen) atoms. The van der Waals surface area contributed by atoms with Crippen molar-refractivity contribution in [3.8, 4) is 23.2 Å². The summed E-state index contributed by atoms with van der Waals surface area (Å²) < 4.78 is 52.9. The van der Waals surface area contributed by atoms with Crippen LogP contribution in [-0.4, -0.2) is 82.8 Å². The Bertz CT molecular complexity index is 2070. The number of nitrogens with two attached hydrogens (primary N) is 1. The number of thiophene rings is 1. The van der Waals surface area contributed by atoms with Gasteiger partial charge in [0.2, 0.25) is 5.91 Å². The first-order valence-electron chi connectivity index (χ1n) is 16.7. The number of aromatic nitrogens is 2. The van der Waals surface area contributed by atoms with Crippen LogP contribution in [0.2, 0.25) is 5.02 Å². The lowest BCUT2D eigenvalue weighted by molar-refractivity contribution is -0.133. The predicted molar refractivity (Wildman–Crippen MR) is 184 cm³/mol. The van der Waals surface area contributed by atoms with Gasteiger partial charge in [0.1, 0.15) is 41.0 Å². The van der Waals surface area contributed by atoms with Crippen molar-refractivity contribution in [2.24, 2.45) is 5.92 Å². The molecule has 4 aliphatic rings. The molecule has 4 aromatic rings. The fourth-order valence-electron chi connectivity index (χ4n) is 8.37. The topological polar surface area (TPSA) is 112 Å². The van der Waals surface area contributed by atoms with Crippen LogP contribution in [0.1, 0.15) is 51.0 Å². The third-order valence-corrected chi connectivity index (χ3v) is 12.4. The number of likely N-dealkylation sites (tertiary alicyclic amines) is 1. The quantitative estimate of drug-likeness (QED) is 0.226. The molecule has 3 saturated heterocycles. The number of rotatable bonds is 7. The van der Waals surface area contributed by atoms with Crippen LogP contribution in [0.15, 0.2) is 18.2 Å². The molecule has 9 nitrogen and oxygen atoms in total. The Kier molecular flexibility index (Phi) is 7.85. The highest BCUT2D eigenvalue weighted by molar-refractivity contribution is 7.23. The maximum atomic E-state index is 17.1. The van der Waals surface area contributed by atoms with Crippen molar-refractivity contribution in [1.82, 2.24) is 19.8 Å². The number of amides is 1. The number of halogens is 4. The normalized spacial score (nSPS) is 25.3. The van der Waals surface area contributed by atoms with Gasteiger partial charge in [-0.15, -0.1) is 11.3 Å². The van der Waals surface area contributed by atoms with E-state index in [-0.39, 0.29) is 78.8 Å². The van der Waals surface area contributed by atoms with Crippen LogP contribution < -0.4 is 15.4 Å². The van der Waals surface area contributed by atoms with Crippen LogP contribution in [0.4, 0.5) is 24.0 Å². The van der Waals surface area contributed by atoms with Crippen molar-refractivity contribution in [3.05, 3.63) is 40.4 Å². The zero-order chi connectivity index (χ0) is 34.4. The number of carbonyl (C=O) groups excluding carboxylic acids is 1. The molecule has 3 aliphatic heterocycles. The minimum atomic E-state index is -0.951. The summed E-state index contributed by atoms with van der Waals surface area (Å²) in [6, 6.07) is 5.87. The van der Waals surface area contributed by atoms with Crippen LogP contribution in [0, 0.1) is 28.9 Å². The number of nitriles is 1. The number of hydrogen-bond acceptors (Lipinski definition) is 9. The van der Waals surface area contributed by atoms with Crippen LogP contribution in [0.25, 0.3) is 32.1 Å². The number of nitrogens with zero attached hydrogens (tertiary/aromatic N) is 6. The second kappa shape index (κ2) is 11.9. The fraction of sp³-hybridized carbons (Fsp3) is 0.486. The number of nitrogen functional groups attached to an aromatic ring is 1. The summed E-state index contributed by atoms with van der Waals surface area (Å²) in [5.41, 5.74) is 5.72. The Balaban J connectivity index is 1.26. The summed E-state index contributed by atoms with van der Waals surface area (Å²) in [5.74, 6) is -0.745. The van der Waals surface area contributed by atoms with Gasteiger partial charge < -0.3 is 20.3 Å². The molecule has 5 heterocycles. The summed E-state index contributed by atoms with van der Waals surface area (Å²) >= 11 is 7.79. The summed E-state index contributed by atoms with van der Waals surface area (Å²) in [5, 5.41) is 10.5. The molecule has 1 aliphatic carbocycles. The van der Waals surface area contributed by atoms with Gasteiger partial charge in [-0.1, -0.05) is 17.7 Å². The van der Waals surface area contributed by atoms with Crippen LogP contribution >= 0.6 is 22.9 Å². The Labute approximate surface area is 290 Å². The molecule has 8 rings (SSSR count). The zero-order valence-corrected chi connectivity index (χ0v) is 28.7. The number of ether oxygens (including phenoxy) is 1. The minimum Gasteiger partial charge on any atom is -0.461 e. The molecule has 4 fully saturated rings. The smallest absolute Gasteiger partial charge is 0.319 e. The molecular formula is C35H35ClF3N7O2S. The average Bonchev–Trinajstić information content (AvgIpc) is 3.47. The molecule has 1 saturated carbocycles. The molecule has 256 valence electrons. The van der Waals surface area contributed by atoms with E-state index in [0.717, 1.165) is 43.6 Å². The van der Waals surface area contributed by atoms with Gasteiger partial charge in [-0.2, -0.15) is 15.2 Å². The molecular weight excluding hydrogens is 675 g/mol. The van der Waals surface area contributed by atoms with E-state index in [1.807, 2.05) is 29.8 Å². The lowest BCUT2D eigenvalue weighted by Crippen LogP contribution is -2.45. The van der Waals surface area contributed by atoms with Gasteiger partial charge >= 0.3 is 6.01 Å². The van der Waals surface area contributed by atoms with Gasteiger partial charge in [0, 0.05) is 54.9 Å². The highest BCUT2D eigenvalue weighted by atomic mass is 35.5. The van der Waals surface area contributed by atoms with E-state index in [9.17, 15) is 18.8 Å². The Hall–Kier alpha value is -3.86. The van der Waals surface area contributed by atoms with E-state index in [4.69, 9.17) is 27.1 Å². The molecule has 2 N–H and O–H groups in total. The van der Waals surface area contributed by atoms with Crippen molar-refractivity contribution in [1.29, 1.82) is 5.26 Å². The van der Waals surface area contributed by atoms with E-state index in [0.29, 0.717) is 37.1 Å². The summed E-state index contributed by atoms with van der Waals surface area (Å²) in [4.78, 5) is 28.4. The third-order valence-electron chi connectivity index (χ3n) is 11.0. The van der Waals surface area contributed by atoms with E-state index < -0.39 is 23.3 Å². The first-order valence-corrected chi connectivity index (χ1v) is 17.9. The average molecular weight is 710 g/mol. The number of benzene rings is 2. The summed E-state index contributed by atoms with van der Waals surface area (Å²) in [6.45, 7) is 3.90. The van der Waals surface area contributed by atoms with E-state index in [1.165, 1.54) is 12.1 Å². The third kappa shape index (κ3) is 5.17. The van der Waals surface area contributed by atoms with Gasteiger partial charge in [-0.25, -0.2) is 13.2 Å². The highest BCUT2D eigenvalue weighted by Gasteiger charge is 2.49. The molecule has 0 bridgehead atoms. The molecule has 0 spiro atoms. The van der Waals surface area contributed by atoms with Crippen molar-refractivity contribution >= 4 is 60.7 Å². The number of carbonyl (C=O) groups is 1. The largest absolute Gasteiger partial charge is 0.461 e. The Morgan fingerprint density at radius 2 is 2.06 bits per heavy atom. The number of fused-ring (bicyclic) bond motifs is 3. The molecule has 0 unspecified atom stereocenters. The van der Waals surface area contributed by atoms with Crippen molar-refractivity contribution in [2.75, 3.05) is 43.9 Å². The SMILES string of the molecule is C[C@@H]1[C@H](N(C)c2nc(OC[C@@]34CCCN3C[C@H](F)C4)nc3c(F)c(-c4ccc(F)c5sc(N)c(C#N)c45)c(Cl)cc23)CCN1C(=O)C1CC1. The standard InChI is InChI=1S/C35H35ClF3N7O2S/c1-17-25(8-11-46(17)33(47)18-4-5-18)44(2)32-21-12-23(36)27(20-6-7-24(38)30-26(20)22(14-40)31(41)49-30)28(39)29(21)42-34(43-32)48-16-35-9-3-10-45(35)15-19(37)13-35/h6-7,12,17-19,25H,3-5,8-11,13,15-16,41H2,1-2H3/t17-,19-,25-,35+/m1/s1. The monoisotopic (exact) mass is 709 g/mol. The lowest BCUT2D eigenvalue weighted by Gasteiger charge is -2.33. The summed E-state index contributed by atoms with van der Waals surface area (Å²) in [6.07, 6.45) is 3.61. The molecule has 2 aromatic carbocycles. The van der Waals surface area contributed by atoms with Crippen molar-refractivity contribution in [2.45, 2.75) is 69.2 Å². The minimum absolute atomic E-state index is 0.0175. The second-order valence-corrected chi connectivity index (χ2v) is 15.4. The fourth-order valence-corrected chi connectivity index (χ4v) is 9.61. The Morgan fingerprint density at radius 3 is 2.82 bits per heavy atom. The maximum absolute atomic E-state index is 17.1. The second-order valence-electron chi connectivity index (χ2n) is 13.9. The van der Waals surface area contributed by atoms with Crippen LogP contribution in [0.3, 0.4) is 0 Å². The molecule has 4 atom stereocenters. The van der Waals surface area contributed by atoms with Gasteiger partial charge in [-0.05, 0) is 63.3 Å². The highest BCUT2D eigenvalue weighted by Crippen LogP contribution is 2.46. The van der Waals surface area contributed by atoms with Crippen molar-refractivity contribution in [3.63, 3.8) is 0 Å². The molecule has 1 amide bonds. The van der Waals surface area contributed by atoms with E-state index in [1.54, 1.807) is 6.07 Å². The van der Waals surface area contributed by atoms with Crippen LogP contribution in [0.5, 0.6) is 6.01 Å². The zero-order valence-electron chi connectivity index (χ0n) is 27.1. The van der Waals surface area contributed by atoms with Gasteiger partial charge in [-0.3, -0.25) is 9.69 Å². The Morgan fingerprint density at radius 1 is 1.27 bits per heavy atom. The van der Waals surface area contributed by atoms with Gasteiger partial charge in [0.25, 0.3) is 0 Å². The molecule has 14 heteroatoms. The molecule has 0 radical (unpaired) electrons. The number of anilines is 2. The van der Waals surface area contributed by atoms with Gasteiger partial charge in [0.05, 0.1) is 26.9 Å². The van der Waals surface area contributed by atoms with Crippen molar-refractivity contribution < 1.29 is 22.7 Å². The molecule has 2 aromatic heterocycles. The van der Waals surface area contributed by atoms with Gasteiger partial charge in [0.15, 0.2) is 5.82 Å². The maximum Gasteiger partial charge on any atom is 0.319 e. The first kappa shape index (κ1) is 32.4.